The van der Waals surface area contributed by atoms with E-state index in [0.29, 0.717) is 5.41 Å². The van der Waals surface area contributed by atoms with Crippen LogP contribution in [0.4, 0.5) is 3.89 Å². The van der Waals surface area contributed by atoms with Gasteiger partial charge in [-0.25, -0.2) is 0 Å². The average Bonchev–Trinajstić information content (AvgIpc) is 1.30. The van der Waals surface area contributed by atoms with Gasteiger partial charge in [-0.15, -0.1) is 3.89 Å². The summed E-state index contributed by atoms with van der Waals surface area (Å²) in [5.74, 6) is 0. The zero-order chi connectivity index (χ0) is 5.91. The maximum Gasteiger partial charge on any atom is 0.325 e. The van der Waals surface area contributed by atoms with Crippen LogP contribution in [0.5, 0.6) is 0 Å². The first-order valence-electron chi connectivity index (χ1n) is 1.27. The summed E-state index contributed by atoms with van der Waals surface area (Å²) in [6.45, 7) is 0. The van der Waals surface area contributed by atoms with Gasteiger partial charge in [0.1, 0.15) is 0 Å². The van der Waals surface area contributed by atoms with Crippen LogP contribution in [0.3, 0.4) is 0 Å². The van der Waals surface area contributed by atoms with E-state index in [1.807, 2.05) is 0 Å². The Labute approximate surface area is 54.8 Å². The molecular formula is C2H2FIO2S. The predicted octanol–water partition coefficient (Wildman–Crippen LogP) is 1.19. The summed E-state index contributed by atoms with van der Waals surface area (Å²) in [6.07, 6.45) is 0. The number of hydrogen-bond donors (Lipinski definition) is 0. The molecule has 0 aromatic rings. The van der Waals surface area contributed by atoms with Crippen LogP contribution in [-0.4, -0.2) is 8.42 Å². The van der Waals surface area contributed by atoms with Gasteiger partial charge in [0.15, 0.2) is 0 Å². The summed E-state index contributed by atoms with van der Waals surface area (Å²) in [5.41, 5.74) is 0. The van der Waals surface area contributed by atoms with Crippen molar-refractivity contribution in [2.24, 2.45) is 0 Å². The highest BCUT2D eigenvalue weighted by Crippen LogP contribution is 1.94. The lowest BCUT2D eigenvalue weighted by Gasteiger charge is -1.71. The SMILES string of the molecule is O=S(=O)(F)/C=C/I. The van der Waals surface area contributed by atoms with E-state index in [2.05, 4.69) is 0 Å². The number of hydrogen-bond acceptors (Lipinski definition) is 2. The van der Waals surface area contributed by atoms with Crippen molar-refractivity contribution in [3.05, 3.63) is 9.49 Å². The summed E-state index contributed by atoms with van der Waals surface area (Å²) in [4.78, 5) is 0. The third-order valence-corrected chi connectivity index (χ3v) is 1.52. The van der Waals surface area contributed by atoms with Crippen LogP contribution >= 0.6 is 22.6 Å². The molecule has 0 spiro atoms. The topological polar surface area (TPSA) is 34.1 Å². The Morgan fingerprint density at radius 3 is 2.00 bits per heavy atom. The smallest absolute Gasteiger partial charge is 0.190 e. The molecule has 0 rings (SSSR count). The van der Waals surface area contributed by atoms with Gasteiger partial charge in [0.25, 0.3) is 0 Å². The van der Waals surface area contributed by atoms with Crippen LogP contribution < -0.4 is 0 Å². The zero-order valence-corrected chi connectivity index (χ0v) is 6.11. The molecule has 2 nitrogen and oxygen atoms in total. The molecule has 0 aliphatic carbocycles. The lowest BCUT2D eigenvalue weighted by molar-refractivity contribution is 0.563. The molecule has 0 aliphatic rings. The Balaban J connectivity index is 4.13. The van der Waals surface area contributed by atoms with Crippen LogP contribution in [0.2, 0.25) is 0 Å². The molecule has 0 aliphatic heterocycles. The summed E-state index contributed by atoms with van der Waals surface area (Å²) in [6, 6.07) is 0. The first-order chi connectivity index (χ1) is 3.06. The first kappa shape index (κ1) is 7.35. The number of rotatable bonds is 1. The quantitative estimate of drug-likeness (QED) is 0.506. The fourth-order valence-electron chi connectivity index (χ4n) is 0.0614. The minimum absolute atomic E-state index is 0.480. The van der Waals surface area contributed by atoms with E-state index in [1.54, 1.807) is 22.6 Å². The maximum atomic E-state index is 11.3. The van der Waals surface area contributed by atoms with E-state index in [0.717, 1.165) is 4.08 Å². The van der Waals surface area contributed by atoms with Crippen molar-refractivity contribution in [1.82, 2.24) is 0 Å². The van der Waals surface area contributed by atoms with Crippen LogP contribution in [-0.2, 0) is 10.2 Å². The van der Waals surface area contributed by atoms with Crippen molar-refractivity contribution >= 4 is 32.8 Å². The minimum Gasteiger partial charge on any atom is -0.190 e. The van der Waals surface area contributed by atoms with Crippen molar-refractivity contribution < 1.29 is 12.3 Å². The van der Waals surface area contributed by atoms with Crippen LogP contribution in [0.15, 0.2) is 9.49 Å². The fraction of sp³-hybridized carbons (Fsp3) is 0. The van der Waals surface area contributed by atoms with Crippen molar-refractivity contribution in [3.63, 3.8) is 0 Å². The Kier molecular flexibility index (Phi) is 2.74. The summed E-state index contributed by atoms with van der Waals surface area (Å²) in [5, 5.41) is 0.480. The van der Waals surface area contributed by atoms with Gasteiger partial charge in [0, 0.05) is 0 Å². The molecule has 0 aromatic heterocycles. The van der Waals surface area contributed by atoms with Gasteiger partial charge in [-0.2, -0.15) is 8.42 Å². The Morgan fingerprint density at radius 1 is 1.57 bits per heavy atom. The molecule has 5 heteroatoms. The Hall–Kier alpha value is 0.350. The van der Waals surface area contributed by atoms with Crippen molar-refractivity contribution in [2.45, 2.75) is 0 Å². The molecule has 7 heavy (non-hydrogen) atoms. The minimum atomic E-state index is -4.36. The molecule has 0 atom stereocenters. The molecule has 0 radical (unpaired) electrons. The largest absolute Gasteiger partial charge is 0.325 e. The first-order valence-corrected chi connectivity index (χ1v) is 3.97. The molecule has 0 heterocycles. The van der Waals surface area contributed by atoms with Gasteiger partial charge < -0.3 is 0 Å². The third-order valence-electron chi connectivity index (χ3n) is 0.214. The van der Waals surface area contributed by atoms with Crippen molar-refractivity contribution in [2.75, 3.05) is 0 Å². The van der Waals surface area contributed by atoms with E-state index < -0.39 is 10.2 Å². The van der Waals surface area contributed by atoms with E-state index in [4.69, 9.17) is 0 Å². The standard InChI is InChI=1S/C2H2FIO2S/c3-7(5,6)2-1-4/h1-2H/b2-1+. The van der Waals surface area contributed by atoms with Gasteiger partial charge in [-0.1, -0.05) is 22.6 Å². The highest BCUT2D eigenvalue weighted by Gasteiger charge is 1.94. The molecular weight excluding hydrogens is 234 g/mol. The van der Waals surface area contributed by atoms with Crippen LogP contribution in [0.25, 0.3) is 0 Å². The molecule has 0 saturated carbocycles. The highest BCUT2D eigenvalue weighted by molar-refractivity contribution is 14.1. The van der Waals surface area contributed by atoms with Gasteiger partial charge in [-0.05, 0) is 4.08 Å². The van der Waals surface area contributed by atoms with Gasteiger partial charge >= 0.3 is 10.2 Å². The van der Waals surface area contributed by atoms with E-state index in [9.17, 15) is 12.3 Å². The normalized spacial score (nSPS) is 12.9. The van der Waals surface area contributed by atoms with E-state index in [1.165, 1.54) is 0 Å². The van der Waals surface area contributed by atoms with Crippen LogP contribution in [0, 0.1) is 0 Å². The zero-order valence-electron chi connectivity index (χ0n) is 3.14. The molecule has 0 N–H and O–H groups in total. The third kappa shape index (κ3) is 6.35. The molecule has 0 bridgehead atoms. The molecule has 0 amide bonds. The monoisotopic (exact) mass is 236 g/mol. The van der Waals surface area contributed by atoms with Crippen molar-refractivity contribution in [1.29, 1.82) is 0 Å². The summed E-state index contributed by atoms with van der Waals surface area (Å²) >= 11 is 1.61. The Morgan fingerprint density at radius 2 is 2.00 bits per heavy atom. The van der Waals surface area contributed by atoms with Gasteiger partial charge in [-0.3, -0.25) is 0 Å². The molecule has 0 unspecified atom stereocenters. The fourth-order valence-corrected chi connectivity index (χ4v) is 1.24. The summed E-state index contributed by atoms with van der Waals surface area (Å²) < 4.78 is 31.3. The molecule has 0 fully saturated rings. The Bertz CT molecular complexity index is 159. The second-order valence-electron chi connectivity index (χ2n) is 0.738. The predicted molar refractivity (Wildman–Crippen MR) is 33.2 cm³/mol. The average molecular weight is 236 g/mol. The van der Waals surface area contributed by atoms with E-state index >= 15 is 0 Å². The lowest BCUT2D eigenvalue weighted by atomic mass is 11.3. The summed E-state index contributed by atoms with van der Waals surface area (Å²) in [7, 11) is -4.36. The van der Waals surface area contributed by atoms with E-state index in [-0.39, 0.29) is 0 Å². The second kappa shape index (κ2) is 2.61. The highest BCUT2D eigenvalue weighted by atomic mass is 127. The molecule has 0 aromatic carbocycles. The lowest BCUT2D eigenvalue weighted by Crippen LogP contribution is -1.77. The molecule has 0 saturated heterocycles. The molecule has 42 valence electrons. The number of halogens is 2. The maximum absolute atomic E-state index is 11.3. The van der Waals surface area contributed by atoms with Crippen LogP contribution in [0.1, 0.15) is 0 Å². The second-order valence-corrected chi connectivity index (χ2v) is 2.68. The van der Waals surface area contributed by atoms with Gasteiger partial charge in [0.2, 0.25) is 0 Å². The van der Waals surface area contributed by atoms with Crippen molar-refractivity contribution in [3.8, 4) is 0 Å². The van der Waals surface area contributed by atoms with Gasteiger partial charge in [0.05, 0.1) is 5.41 Å².